The second-order valence-corrected chi connectivity index (χ2v) is 7.18. The molecule has 6 heteroatoms. The fourth-order valence-electron chi connectivity index (χ4n) is 4.33. The van der Waals surface area contributed by atoms with Crippen molar-refractivity contribution in [1.82, 2.24) is 14.5 Å². The molecule has 0 bridgehead atoms. The van der Waals surface area contributed by atoms with Gasteiger partial charge < -0.3 is 9.88 Å². The fraction of sp³-hybridized carbons (Fsp3) is 0.227. The summed E-state index contributed by atoms with van der Waals surface area (Å²) in [6, 6.07) is 18.2. The maximum Gasteiger partial charge on any atom is 0.326 e. The molecule has 4 aromatic rings. The number of benzene rings is 2. The third kappa shape index (κ3) is 2.55. The van der Waals surface area contributed by atoms with E-state index in [1.165, 1.54) is 0 Å². The quantitative estimate of drug-likeness (QED) is 0.586. The molecule has 0 spiro atoms. The van der Waals surface area contributed by atoms with E-state index in [-0.39, 0.29) is 11.7 Å². The van der Waals surface area contributed by atoms with Gasteiger partial charge in [-0.15, -0.1) is 0 Å². The van der Waals surface area contributed by atoms with Crippen LogP contribution in [-0.2, 0) is 0 Å². The average Bonchev–Trinajstić information content (AvgIpc) is 3.08. The summed E-state index contributed by atoms with van der Waals surface area (Å²) in [6.45, 7) is 1.58. The van der Waals surface area contributed by atoms with Crippen LogP contribution in [0.4, 0.5) is 5.69 Å². The van der Waals surface area contributed by atoms with Gasteiger partial charge in [0.15, 0.2) is 0 Å². The summed E-state index contributed by atoms with van der Waals surface area (Å²) in [4.78, 5) is 22.1. The van der Waals surface area contributed by atoms with E-state index in [1.807, 2.05) is 53.1 Å². The summed E-state index contributed by atoms with van der Waals surface area (Å²) in [6.07, 6.45) is 3.36. The van der Waals surface area contributed by atoms with Crippen LogP contribution in [0.1, 0.15) is 24.4 Å². The maximum absolute atomic E-state index is 12.5. The normalized spacial score (nSPS) is 15.2. The van der Waals surface area contributed by atoms with E-state index < -0.39 is 0 Å². The van der Waals surface area contributed by atoms with Gasteiger partial charge in [-0.25, -0.2) is 4.79 Å². The number of nitriles is 1. The predicted octanol–water partition coefficient (Wildman–Crippen LogP) is 3.59. The number of aromatic amines is 1. The molecule has 0 atom stereocenters. The Labute approximate surface area is 161 Å². The van der Waals surface area contributed by atoms with Crippen LogP contribution in [0.3, 0.4) is 0 Å². The molecule has 1 aliphatic rings. The second-order valence-electron chi connectivity index (χ2n) is 7.18. The van der Waals surface area contributed by atoms with Crippen LogP contribution in [0.25, 0.3) is 21.9 Å². The van der Waals surface area contributed by atoms with Crippen molar-refractivity contribution in [2.75, 3.05) is 18.0 Å². The first-order chi connectivity index (χ1) is 13.8. The van der Waals surface area contributed by atoms with Gasteiger partial charge in [-0.3, -0.25) is 9.55 Å². The third-order valence-corrected chi connectivity index (χ3v) is 5.64. The zero-order chi connectivity index (χ0) is 19.1. The van der Waals surface area contributed by atoms with Gasteiger partial charge in [-0.2, -0.15) is 5.26 Å². The number of imidazole rings is 1. The lowest BCUT2D eigenvalue weighted by Gasteiger charge is -2.35. The minimum absolute atomic E-state index is 0.0493. The van der Waals surface area contributed by atoms with Crippen molar-refractivity contribution in [3.63, 3.8) is 0 Å². The molecule has 1 aliphatic heterocycles. The number of nitrogens with one attached hydrogen (secondary N) is 1. The number of fused-ring (bicyclic) bond motifs is 2. The molecule has 2 aromatic heterocycles. The SMILES string of the molecule is N#Cc1cnc2ccccc2c1N1CCC(n2c(=O)[nH]c3ccccc32)CC1. The molecule has 0 amide bonds. The molecule has 1 fully saturated rings. The lowest BCUT2D eigenvalue weighted by atomic mass is 10.0. The fourth-order valence-corrected chi connectivity index (χ4v) is 4.33. The van der Waals surface area contributed by atoms with E-state index in [4.69, 9.17) is 0 Å². The number of hydrogen-bond donors (Lipinski definition) is 1. The number of rotatable bonds is 2. The van der Waals surface area contributed by atoms with Gasteiger partial charge in [-0.1, -0.05) is 30.3 Å². The van der Waals surface area contributed by atoms with E-state index in [9.17, 15) is 10.1 Å². The molecule has 28 heavy (non-hydrogen) atoms. The van der Waals surface area contributed by atoms with E-state index in [0.29, 0.717) is 5.56 Å². The summed E-state index contributed by atoms with van der Waals surface area (Å²) >= 11 is 0. The molecule has 138 valence electrons. The summed E-state index contributed by atoms with van der Waals surface area (Å²) < 4.78 is 1.89. The summed E-state index contributed by atoms with van der Waals surface area (Å²) in [7, 11) is 0. The standard InChI is InChI=1S/C22H19N5O/c23-13-15-14-24-18-6-2-1-5-17(18)21(15)26-11-9-16(10-12-26)27-20-8-4-3-7-19(20)25-22(27)28/h1-8,14,16H,9-12H2,(H,25,28). The van der Waals surface area contributed by atoms with Crippen LogP contribution in [0.5, 0.6) is 0 Å². The van der Waals surface area contributed by atoms with Crippen LogP contribution >= 0.6 is 0 Å². The van der Waals surface area contributed by atoms with Crippen LogP contribution in [0.15, 0.2) is 59.5 Å². The highest BCUT2D eigenvalue weighted by atomic mass is 16.1. The lowest BCUT2D eigenvalue weighted by molar-refractivity contribution is 0.397. The number of nitrogens with zero attached hydrogens (tertiary/aromatic N) is 4. The first kappa shape index (κ1) is 16.6. The van der Waals surface area contributed by atoms with Gasteiger partial charge in [0.05, 0.1) is 27.8 Å². The number of H-pyrrole nitrogens is 1. The highest BCUT2D eigenvalue weighted by Gasteiger charge is 2.26. The summed E-state index contributed by atoms with van der Waals surface area (Å²) in [5, 5.41) is 10.6. The Bertz CT molecular complexity index is 1270. The Kier molecular flexibility index (Phi) is 3.87. The number of anilines is 1. The van der Waals surface area contributed by atoms with Crippen LogP contribution in [-0.4, -0.2) is 27.6 Å². The molecule has 6 nitrogen and oxygen atoms in total. The van der Waals surface area contributed by atoms with Gasteiger partial charge >= 0.3 is 5.69 Å². The molecule has 2 aromatic carbocycles. The van der Waals surface area contributed by atoms with E-state index in [1.54, 1.807) is 6.20 Å². The molecule has 0 radical (unpaired) electrons. The number of aromatic nitrogens is 3. The van der Waals surface area contributed by atoms with Crippen molar-refractivity contribution in [3.8, 4) is 6.07 Å². The maximum atomic E-state index is 12.5. The number of hydrogen-bond acceptors (Lipinski definition) is 4. The molecular weight excluding hydrogens is 350 g/mol. The van der Waals surface area contributed by atoms with E-state index in [0.717, 1.165) is 53.6 Å². The minimum atomic E-state index is -0.0493. The number of piperidine rings is 1. The molecule has 1 N–H and O–H groups in total. The first-order valence-electron chi connectivity index (χ1n) is 9.48. The van der Waals surface area contributed by atoms with Crippen molar-refractivity contribution in [2.24, 2.45) is 0 Å². The van der Waals surface area contributed by atoms with Crippen LogP contribution in [0, 0.1) is 11.3 Å². The molecule has 0 unspecified atom stereocenters. The smallest absolute Gasteiger partial charge is 0.326 e. The van der Waals surface area contributed by atoms with Gasteiger partial charge in [0.25, 0.3) is 0 Å². The highest BCUT2D eigenvalue weighted by molar-refractivity contribution is 5.94. The monoisotopic (exact) mass is 369 g/mol. The van der Waals surface area contributed by atoms with Gasteiger partial charge in [0.1, 0.15) is 6.07 Å². The molecule has 0 saturated carbocycles. The van der Waals surface area contributed by atoms with Gasteiger partial charge in [0.2, 0.25) is 0 Å². The van der Waals surface area contributed by atoms with Crippen molar-refractivity contribution < 1.29 is 0 Å². The second kappa shape index (κ2) is 6.54. The first-order valence-corrected chi connectivity index (χ1v) is 9.48. The Morgan fingerprint density at radius 2 is 1.82 bits per heavy atom. The highest BCUT2D eigenvalue weighted by Crippen LogP contribution is 2.33. The predicted molar refractivity (Wildman–Crippen MR) is 110 cm³/mol. The Morgan fingerprint density at radius 1 is 1.07 bits per heavy atom. The summed E-state index contributed by atoms with van der Waals surface area (Å²) in [5.41, 5.74) is 4.23. The zero-order valence-corrected chi connectivity index (χ0v) is 15.3. The molecule has 3 heterocycles. The largest absolute Gasteiger partial charge is 0.370 e. The lowest BCUT2D eigenvalue weighted by Crippen LogP contribution is -2.37. The Morgan fingerprint density at radius 3 is 2.64 bits per heavy atom. The minimum Gasteiger partial charge on any atom is -0.370 e. The van der Waals surface area contributed by atoms with E-state index >= 15 is 0 Å². The Balaban J connectivity index is 1.49. The topological polar surface area (TPSA) is 77.7 Å². The number of pyridine rings is 1. The van der Waals surface area contributed by atoms with Crippen molar-refractivity contribution >= 4 is 27.6 Å². The van der Waals surface area contributed by atoms with Crippen molar-refractivity contribution in [1.29, 1.82) is 5.26 Å². The molecule has 5 rings (SSSR count). The van der Waals surface area contributed by atoms with Crippen molar-refractivity contribution in [2.45, 2.75) is 18.9 Å². The third-order valence-electron chi connectivity index (χ3n) is 5.64. The van der Waals surface area contributed by atoms with Crippen LogP contribution in [0.2, 0.25) is 0 Å². The Hall–Kier alpha value is -3.59. The molecule has 1 saturated heterocycles. The van der Waals surface area contributed by atoms with Crippen LogP contribution < -0.4 is 10.6 Å². The van der Waals surface area contributed by atoms with E-state index in [2.05, 4.69) is 20.9 Å². The zero-order valence-electron chi connectivity index (χ0n) is 15.3. The van der Waals surface area contributed by atoms with Gasteiger partial charge in [-0.05, 0) is 31.0 Å². The van der Waals surface area contributed by atoms with Crippen molar-refractivity contribution in [3.05, 3.63) is 70.8 Å². The molecular formula is C22H19N5O. The number of para-hydroxylation sites is 3. The molecule has 0 aliphatic carbocycles. The average molecular weight is 369 g/mol. The summed E-state index contributed by atoms with van der Waals surface area (Å²) in [5.74, 6) is 0. The van der Waals surface area contributed by atoms with Gasteiger partial charge in [0, 0.05) is 30.7 Å².